The van der Waals surface area contributed by atoms with Gasteiger partial charge < -0.3 is 18.9 Å². The Morgan fingerprint density at radius 3 is 2.53 bits per heavy atom. The van der Waals surface area contributed by atoms with E-state index >= 15 is 0 Å². The Kier molecular flexibility index (Phi) is 8.43. The molecule has 0 N–H and O–H groups in total. The van der Waals surface area contributed by atoms with E-state index in [1.807, 2.05) is 20.8 Å². The second-order valence-electron chi connectivity index (χ2n) is 3.53. The van der Waals surface area contributed by atoms with Crippen molar-refractivity contribution in [2.45, 2.75) is 26.4 Å². The number of ether oxygens (including phenoxy) is 4. The van der Waals surface area contributed by atoms with Gasteiger partial charge in [0.05, 0.1) is 20.0 Å². The summed E-state index contributed by atoms with van der Waals surface area (Å²) in [5.41, 5.74) is 2.27. The summed E-state index contributed by atoms with van der Waals surface area (Å²) in [6.07, 6.45) is 9.03. The normalized spacial score (nSPS) is 11.1. The molecule has 0 bridgehead atoms. The van der Waals surface area contributed by atoms with Crippen molar-refractivity contribution in [3.8, 4) is 0 Å². The molecule has 0 saturated carbocycles. The largest absolute Gasteiger partial charge is 0.505 e. The zero-order valence-electron chi connectivity index (χ0n) is 10.8. The van der Waals surface area contributed by atoms with E-state index in [2.05, 4.69) is 5.73 Å². The smallest absolute Gasteiger partial charge is 0.135 e. The number of rotatable bonds is 8. The third-order valence-corrected chi connectivity index (χ3v) is 1.57. The van der Waals surface area contributed by atoms with Crippen LogP contribution in [0.2, 0.25) is 0 Å². The molecule has 0 heterocycles. The number of hydrogen-bond acceptors (Lipinski definition) is 4. The van der Waals surface area contributed by atoms with Crippen LogP contribution in [0.3, 0.4) is 0 Å². The number of hydrogen-bond donors (Lipinski definition) is 0. The van der Waals surface area contributed by atoms with Gasteiger partial charge in [-0.25, -0.2) is 0 Å². The fourth-order valence-electron chi connectivity index (χ4n) is 0.731. The molecule has 0 aromatic carbocycles. The molecule has 0 aromatic heterocycles. The highest BCUT2D eigenvalue weighted by molar-refractivity contribution is 4.94. The fraction of sp³-hybridized carbons (Fsp3) is 0.462. The molecule has 4 heteroatoms. The van der Waals surface area contributed by atoms with E-state index in [4.69, 9.17) is 18.9 Å². The van der Waals surface area contributed by atoms with Crippen molar-refractivity contribution in [1.82, 2.24) is 0 Å². The van der Waals surface area contributed by atoms with E-state index < -0.39 is 5.60 Å². The lowest BCUT2D eigenvalue weighted by Crippen LogP contribution is -2.17. The van der Waals surface area contributed by atoms with Crippen LogP contribution >= 0.6 is 0 Å². The molecule has 96 valence electrons. The summed E-state index contributed by atoms with van der Waals surface area (Å²) < 4.78 is 20.1. The third-order valence-electron chi connectivity index (χ3n) is 1.57. The topological polar surface area (TPSA) is 36.9 Å². The van der Waals surface area contributed by atoms with Crippen molar-refractivity contribution in [2.75, 3.05) is 13.7 Å². The van der Waals surface area contributed by atoms with Crippen LogP contribution in [-0.2, 0) is 18.9 Å². The maximum atomic E-state index is 5.39. The molecule has 0 unspecified atom stereocenters. The molecule has 0 rings (SSSR count). The Balaban J connectivity index is 3.92. The van der Waals surface area contributed by atoms with Crippen molar-refractivity contribution in [1.29, 1.82) is 0 Å². The van der Waals surface area contributed by atoms with Crippen LogP contribution in [0.4, 0.5) is 0 Å². The molecule has 0 atom stereocenters. The zero-order chi connectivity index (χ0) is 13.0. The highest BCUT2D eigenvalue weighted by Crippen LogP contribution is 2.10. The summed E-state index contributed by atoms with van der Waals surface area (Å²) in [6, 6.07) is 0. The lowest BCUT2D eigenvalue weighted by molar-refractivity contribution is 0.102. The van der Waals surface area contributed by atoms with Crippen molar-refractivity contribution in [3.63, 3.8) is 0 Å². The molecule has 0 amide bonds. The maximum Gasteiger partial charge on any atom is 0.135 e. The molecule has 0 aliphatic rings. The van der Waals surface area contributed by atoms with Gasteiger partial charge in [-0.1, -0.05) is 0 Å². The summed E-state index contributed by atoms with van der Waals surface area (Å²) in [6.45, 7) is 6.30. The second-order valence-corrected chi connectivity index (χ2v) is 3.53. The first kappa shape index (κ1) is 15.2. The zero-order valence-corrected chi connectivity index (χ0v) is 10.8. The molecule has 0 saturated heterocycles. The van der Waals surface area contributed by atoms with E-state index in [1.165, 1.54) is 25.0 Å². The van der Waals surface area contributed by atoms with Crippen molar-refractivity contribution >= 4 is 0 Å². The van der Waals surface area contributed by atoms with Gasteiger partial charge in [-0.15, -0.1) is 0 Å². The van der Waals surface area contributed by atoms with Gasteiger partial charge in [0, 0.05) is 0 Å². The minimum atomic E-state index is -0.446. The van der Waals surface area contributed by atoms with Gasteiger partial charge in [-0.3, -0.25) is 0 Å². The standard InChI is InChI=1S/C13H20O4/c1-5-15-11-12-16-8-6-9-17-13(2,3)7-10-14-4/h7-12H,5H2,1-4H3. The summed E-state index contributed by atoms with van der Waals surface area (Å²) in [5, 5.41) is 0. The molecule has 0 aliphatic heterocycles. The second kappa shape index (κ2) is 9.43. The summed E-state index contributed by atoms with van der Waals surface area (Å²) >= 11 is 0. The Bertz CT molecular complexity index is 297. The lowest BCUT2D eigenvalue weighted by Gasteiger charge is -2.18. The molecule has 0 spiro atoms. The summed E-state index contributed by atoms with van der Waals surface area (Å²) in [4.78, 5) is 0. The average Bonchev–Trinajstić information content (AvgIpc) is 2.30. The lowest BCUT2D eigenvalue weighted by atomic mass is 10.1. The molecule has 0 fully saturated rings. The molecule has 17 heavy (non-hydrogen) atoms. The van der Waals surface area contributed by atoms with Crippen molar-refractivity contribution in [2.24, 2.45) is 0 Å². The predicted molar refractivity (Wildman–Crippen MR) is 65.8 cm³/mol. The summed E-state index contributed by atoms with van der Waals surface area (Å²) in [7, 11) is 1.58. The van der Waals surface area contributed by atoms with Crippen molar-refractivity contribution < 1.29 is 18.9 Å². The highest BCUT2D eigenvalue weighted by atomic mass is 16.5. The quantitative estimate of drug-likeness (QED) is 0.482. The first-order chi connectivity index (χ1) is 8.12. The minimum Gasteiger partial charge on any atom is -0.505 e. The average molecular weight is 240 g/mol. The van der Waals surface area contributed by atoms with Gasteiger partial charge in [0.25, 0.3) is 0 Å². The molecule has 0 aliphatic carbocycles. The van der Waals surface area contributed by atoms with E-state index in [0.717, 1.165) is 0 Å². The molecule has 0 radical (unpaired) electrons. The molecule has 0 aromatic rings. The van der Waals surface area contributed by atoms with Crippen LogP contribution in [0.1, 0.15) is 20.8 Å². The first-order valence-corrected chi connectivity index (χ1v) is 5.32. The maximum absolute atomic E-state index is 5.39. The highest BCUT2D eigenvalue weighted by Gasteiger charge is 2.12. The van der Waals surface area contributed by atoms with E-state index in [9.17, 15) is 0 Å². The Labute approximate surface area is 103 Å². The van der Waals surface area contributed by atoms with Crippen LogP contribution in [0, 0.1) is 0 Å². The van der Waals surface area contributed by atoms with Crippen LogP contribution in [0.25, 0.3) is 0 Å². The monoisotopic (exact) mass is 240 g/mol. The van der Waals surface area contributed by atoms with Crippen LogP contribution in [0.5, 0.6) is 0 Å². The van der Waals surface area contributed by atoms with Gasteiger partial charge in [0.1, 0.15) is 30.6 Å². The third kappa shape index (κ3) is 10.5. The van der Waals surface area contributed by atoms with E-state index in [-0.39, 0.29) is 0 Å². The minimum absolute atomic E-state index is 0.446. The van der Waals surface area contributed by atoms with Crippen LogP contribution < -0.4 is 0 Å². The van der Waals surface area contributed by atoms with Gasteiger partial charge in [0.2, 0.25) is 0 Å². The van der Waals surface area contributed by atoms with Crippen molar-refractivity contribution in [3.05, 3.63) is 43.1 Å². The van der Waals surface area contributed by atoms with Crippen LogP contribution in [0.15, 0.2) is 43.1 Å². The first-order valence-electron chi connectivity index (χ1n) is 5.32. The van der Waals surface area contributed by atoms with Gasteiger partial charge >= 0.3 is 0 Å². The SMILES string of the molecule is CCOC=COC=C=COC(C)(C)C=COC. The van der Waals surface area contributed by atoms with E-state index in [1.54, 1.807) is 19.4 Å². The Hall–Kier alpha value is -1.80. The Morgan fingerprint density at radius 1 is 1.12 bits per heavy atom. The molecular formula is C13H20O4. The molecule has 4 nitrogen and oxygen atoms in total. The number of methoxy groups -OCH3 is 1. The van der Waals surface area contributed by atoms with Gasteiger partial charge in [-0.2, -0.15) is 0 Å². The van der Waals surface area contributed by atoms with Gasteiger partial charge in [0.15, 0.2) is 0 Å². The predicted octanol–water partition coefficient (Wildman–Crippen LogP) is 3.09. The van der Waals surface area contributed by atoms with Crippen LogP contribution in [-0.4, -0.2) is 19.3 Å². The Morgan fingerprint density at radius 2 is 1.88 bits per heavy atom. The summed E-state index contributed by atoms with van der Waals surface area (Å²) in [5.74, 6) is 0. The molecular weight excluding hydrogens is 220 g/mol. The fourth-order valence-corrected chi connectivity index (χ4v) is 0.731. The van der Waals surface area contributed by atoms with E-state index in [0.29, 0.717) is 6.61 Å². The van der Waals surface area contributed by atoms with Gasteiger partial charge in [-0.05, 0) is 32.6 Å².